The Morgan fingerprint density at radius 3 is 2.79 bits per heavy atom. The van der Waals surface area contributed by atoms with Crippen molar-refractivity contribution < 1.29 is 4.39 Å². The molecule has 6 heteroatoms. The second-order valence-corrected chi connectivity index (χ2v) is 5.22. The number of nitrogens with zero attached hydrogens (tertiary/aromatic N) is 4. The molecule has 0 saturated heterocycles. The highest BCUT2D eigenvalue weighted by Gasteiger charge is 2.18. The largest absolute Gasteiger partial charge is 0.278 e. The Labute approximate surface area is 136 Å². The van der Waals surface area contributed by atoms with Gasteiger partial charge in [0.1, 0.15) is 6.07 Å². The maximum absolute atomic E-state index is 14.8. The van der Waals surface area contributed by atoms with E-state index in [9.17, 15) is 4.39 Å². The first kappa shape index (κ1) is 14.0. The molecule has 0 fully saturated rings. The van der Waals surface area contributed by atoms with Gasteiger partial charge < -0.3 is 0 Å². The zero-order chi connectivity index (χ0) is 16.5. The highest BCUT2D eigenvalue weighted by atomic mass is 19.1. The zero-order valence-electron chi connectivity index (χ0n) is 12.4. The summed E-state index contributed by atoms with van der Waals surface area (Å²) in [5.41, 5.74) is 2.91. The Morgan fingerprint density at radius 2 is 2.00 bits per heavy atom. The Kier molecular flexibility index (Phi) is 3.25. The molecule has 0 amide bonds. The molecule has 0 aliphatic carbocycles. The first-order valence-electron chi connectivity index (χ1n) is 7.20. The third-order valence-electron chi connectivity index (χ3n) is 3.83. The fourth-order valence-electron chi connectivity index (χ4n) is 2.69. The average molecular weight is 315 g/mol. The molecule has 0 spiro atoms. The second-order valence-electron chi connectivity index (χ2n) is 5.22. The molecule has 2 aromatic carbocycles. The van der Waals surface area contributed by atoms with E-state index in [1.807, 2.05) is 24.3 Å². The third kappa shape index (κ3) is 2.20. The van der Waals surface area contributed by atoms with Crippen molar-refractivity contribution in [2.24, 2.45) is 0 Å². The van der Waals surface area contributed by atoms with Crippen molar-refractivity contribution in [2.75, 3.05) is 0 Å². The van der Waals surface area contributed by atoms with E-state index in [1.165, 1.54) is 24.7 Å². The zero-order valence-corrected chi connectivity index (χ0v) is 12.4. The van der Waals surface area contributed by atoms with Crippen molar-refractivity contribution in [3.05, 3.63) is 66.5 Å². The number of halogens is 1. The van der Waals surface area contributed by atoms with E-state index in [-0.39, 0.29) is 11.1 Å². The lowest BCUT2D eigenvalue weighted by molar-refractivity contribution is 0.627. The van der Waals surface area contributed by atoms with Gasteiger partial charge in [0.2, 0.25) is 0 Å². The van der Waals surface area contributed by atoms with Crippen LogP contribution in [-0.2, 0) is 0 Å². The van der Waals surface area contributed by atoms with E-state index in [2.05, 4.69) is 20.2 Å². The van der Waals surface area contributed by atoms with Crippen molar-refractivity contribution in [2.45, 2.75) is 0 Å². The summed E-state index contributed by atoms with van der Waals surface area (Å²) < 4.78 is 14.8. The fourth-order valence-corrected chi connectivity index (χ4v) is 2.69. The SMILES string of the molecule is N#Cc1ccc(-c2ccc3cn[nH]c3c2)c(-c2cnccn2)c1F. The van der Waals surface area contributed by atoms with Crippen LogP contribution in [0.2, 0.25) is 0 Å². The number of rotatable bonds is 2. The van der Waals surface area contributed by atoms with Gasteiger partial charge in [-0.05, 0) is 23.3 Å². The van der Waals surface area contributed by atoms with Crippen LogP contribution in [0.3, 0.4) is 0 Å². The lowest BCUT2D eigenvalue weighted by Gasteiger charge is -2.11. The van der Waals surface area contributed by atoms with Crippen LogP contribution in [0.25, 0.3) is 33.3 Å². The van der Waals surface area contributed by atoms with E-state index < -0.39 is 5.82 Å². The monoisotopic (exact) mass is 315 g/mol. The Bertz CT molecular complexity index is 1080. The van der Waals surface area contributed by atoms with Gasteiger partial charge in [0.15, 0.2) is 5.82 Å². The molecule has 0 radical (unpaired) electrons. The molecule has 2 heterocycles. The normalized spacial score (nSPS) is 10.7. The topological polar surface area (TPSA) is 78.2 Å². The number of fused-ring (bicyclic) bond motifs is 1. The highest BCUT2D eigenvalue weighted by Crippen LogP contribution is 2.35. The lowest BCUT2D eigenvalue weighted by atomic mass is 9.94. The molecule has 4 rings (SSSR count). The van der Waals surface area contributed by atoms with Gasteiger partial charge in [0.25, 0.3) is 0 Å². The van der Waals surface area contributed by atoms with Crippen LogP contribution in [0.5, 0.6) is 0 Å². The molecule has 0 atom stereocenters. The van der Waals surface area contributed by atoms with Crippen molar-refractivity contribution in [3.8, 4) is 28.5 Å². The Balaban J connectivity index is 2.01. The van der Waals surface area contributed by atoms with Crippen LogP contribution >= 0.6 is 0 Å². The van der Waals surface area contributed by atoms with Crippen molar-refractivity contribution >= 4 is 10.9 Å². The van der Waals surface area contributed by atoms with Gasteiger partial charge >= 0.3 is 0 Å². The van der Waals surface area contributed by atoms with Gasteiger partial charge in [-0.2, -0.15) is 10.4 Å². The highest BCUT2D eigenvalue weighted by molar-refractivity contribution is 5.89. The minimum atomic E-state index is -0.597. The van der Waals surface area contributed by atoms with E-state index in [1.54, 1.807) is 12.3 Å². The number of aromatic nitrogens is 4. The number of nitrogens with one attached hydrogen (secondary N) is 1. The first-order chi connectivity index (χ1) is 11.8. The van der Waals surface area contributed by atoms with E-state index in [0.29, 0.717) is 11.3 Å². The smallest absolute Gasteiger partial charge is 0.151 e. The standard InChI is InChI=1S/C18H10FN5/c19-18-12(8-20)3-4-14(17(18)16-10-21-5-6-22-16)11-1-2-13-9-23-24-15(13)7-11/h1-7,9-10H,(H,23,24). The molecule has 0 aliphatic heterocycles. The van der Waals surface area contributed by atoms with Gasteiger partial charge in [-0.15, -0.1) is 0 Å². The van der Waals surface area contributed by atoms with Gasteiger partial charge in [0, 0.05) is 23.3 Å². The van der Waals surface area contributed by atoms with Gasteiger partial charge in [-0.25, -0.2) is 4.39 Å². The number of H-pyrrole nitrogens is 1. The van der Waals surface area contributed by atoms with Crippen LogP contribution < -0.4 is 0 Å². The maximum atomic E-state index is 14.8. The molecule has 0 aliphatic rings. The summed E-state index contributed by atoms with van der Waals surface area (Å²) >= 11 is 0. The summed E-state index contributed by atoms with van der Waals surface area (Å²) in [6, 6.07) is 10.8. The van der Waals surface area contributed by atoms with Crippen LogP contribution in [0.4, 0.5) is 4.39 Å². The van der Waals surface area contributed by atoms with Crippen LogP contribution in [0, 0.1) is 17.1 Å². The van der Waals surface area contributed by atoms with E-state index in [4.69, 9.17) is 5.26 Å². The molecule has 0 bridgehead atoms. The van der Waals surface area contributed by atoms with Crippen molar-refractivity contribution in [1.29, 1.82) is 5.26 Å². The molecule has 2 aromatic heterocycles. The molecule has 5 nitrogen and oxygen atoms in total. The first-order valence-corrected chi connectivity index (χ1v) is 7.20. The second kappa shape index (κ2) is 5.56. The predicted molar refractivity (Wildman–Crippen MR) is 87.2 cm³/mol. The third-order valence-corrected chi connectivity index (χ3v) is 3.83. The lowest BCUT2D eigenvalue weighted by Crippen LogP contribution is -1.96. The Hall–Kier alpha value is -3.59. The predicted octanol–water partition coefficient (Wildman–Crippen LogP) is 3.70. The van der Waals surface area contributed by atoms with Gasteiger partial charge in [0.05, 0.1) is 29.2 Å². The van der Waals surface area contributed by atoms with Crippen LogP contribution in [-0.4, -0.2) is 20.2 Å². The molecule has 114 valence electrons. The number of hydrogen-bond acceptors (Lipinski definition) is 4. The number of hydrogen-bond donors (Lipinski definition) is 1. The molecule has 0 saturated carbocycles. The summed E-state index contributed by atoms with van der Waals surface area (Å²) in [6.45, 7) is 0. The molecular weight excluding hydrogens is 305 g/mol. The van der Waals surface area contributed by atoms with Crippen molar-refractivity contribution in [3.63, 3.8) is 0 Å². The minimum absolute atomic E-state index is 0.0259. The summed E-state index contributed by atoms with van der Waals surface area (Å²) in [6.07, 6.45) is 6.22. The summed E-state index contributed by atoms with van der Waals surface area (Å²) in [5.74, 6) is -0.597. The molecule has 4 aromatic rings. The maximum Gasteiger partial charge on any atom is 0.151 e. The molecule has 24 heavy (non-hydrogen) atoms. The quantitative estimate of drug-likeness (QED) is 0.612. The van der Waals surface area contributed by atoms with Gasteiger partial charge in [-0.3, -0.25) is 15.1 Å². The number of benzene rings is 2. The van der Waals surface area contributed by atoms with Crippen LogP contribution in [0.15, 0.2) is 55.1 Å². The molecule has 0 unspecified atom stereocenters. The summed E-state index contributed by atoms with van der Waals surface area (Å²) in [4.78, 5) is 8.20. The fraction of sp³-hybridized carbons (Fsp3) is 0. The van der Waals surface area contributed by atoms with E-state index in [0.717, 1.165) is 16.5 Å². The number of nitriles is 1. The Morgan fingerprint density at radius 1 is 1.08 bits per heavy atom. The molecular formula is C18H10FN5. The molecule has 1 N–H and O–H groups in total. The minimum Gasteiger partial charge on any atom is -0.278 e. The summed E-state index contributed by atoms with van der Waals surface area (Å²) in [5, 5.41) is 17.0. The van der Waals surface area contributed by atoms with Crippen molar-refractivity contribution in [1.82, 2.24) is 20.2 Å². The number of aromatic amines is 1. The van der Waals surface area contributed by atoms with E-state index >= 15 is 0 Å². The summed E-state index contributed by atoms with van der Waals surface area (Å²) in [7, 11) is 0. The van der Waals surface area contributed by atoms with Gasteiger partial charge in [-0.1, -0.05) is 18.2 Å². The average Bonchev–Trinajstić information content (AvgIpc) is 3.10. The van der Waals surface area contributed by atoms with Crippen LogP contribution in [0.1, 0.15) is 5.56 Å².